The van der Waals surface area contributed by atoms with Gasteiger partial charge < -0.3 is 11.1 Å². The molecule has 1 rings (SSSR count). The van der Waals surface area contributed by atoms with Crippen LogP contribution in [0.5, 0.6) is 0 Å². The highest BCUT2D eigenvalue weighted by Gasteiger charge is 2.14. The van der Waals surface area contributed by atoms with Crippen LogP contribution in [0.15, 0.2) is 24.3 Å². The standard InChI is InChI=1S/C16H26N2O/c1-12(2)6-4-5-11-18-16(19)15(17)14-9-7-13(3)8-10-14/h7-10,12,15H,4-6,11,17H2,1-3H3,(H,18,19). The zero-order valence-corrected chi connectivity index (χ0v) is 12.3. The lowest BCUT2D eigenvalue weighted by Gasteiger charge is -2.13. The minimum absolute atomic E-state index is 0.0894. The van der Waals surface area contributed by atoms with Crippen molar-refractivity contribution in [1.82, 2.24) is 5.32 Å². The third-order valence-corrected chi connectivity index (χ3v) is 3.23. The number of aryl methyl sites for hydroxylation is 1. The van der Waals surface area contributed by atoms with Gasteiger partial charge in [0.25, 0.3) is 0 Å². The lowest BCUT2D eigenvalue weighted by atomic mass is 10.0. The van der Waals surface area contributed by atoms with Crippen LogP contribution in [0.2, 0.25) is 0 Å². The minimum Gasteiger partial charge on any atom is -0.354 e. The van der Waals surface area contributed by atoms with Crippen LogP contribution in [0, 0.1) is 12.8 Å². The van der Waals surface area contributed by atoms with Crippen LogP contribution < -0.4 is 11.1 Å². The van der Waals surface area contributed by atoms with Crippen molar-refractivity contribution in [2.45, 2.75) is 46.1 Å². The molecule has 0 heterocycles. The van der Waals surface area contributed by atoms with E-state index in [1.54, 1.807) is 0 Å². The first kappa shape index (κ1) is 15.7. The second-order valence-corrected chi connectivity index (χ2v) is 5.57. The van der Waals surface area contributed by atoms with Crippen molar-refractivity contribution in [1.29, 1.82) is 0 Å². The molecule has 1 unspecified atom stereocenters. The molecule has 0 aliphatic heterocycles. The minimum atomic E-state index is -0.564. The van der Waals surface area contributed by atoms with Gasteiger partial charge in [-0.1, -0.05) is 56.5 Å². The summed E-state index contributed by atoms with van der Waals surface area (Å²) in [6, 6.07) is 7.22. The van der Waals surface area contributed by atoms with E-state index in [0.717, 1.165) is 24.3 Å². The molecule has 106 valence electrons. The summed E-state index contributed by atoms with van der Waals surface area (Å²) < 4.78 is 0. The van der Waals surface area contributed by atoms with Crippen molar-refractivity contribution in [3.8, 4) is 0 Å². The topological polar surface area (TPSA) is 55.1 Å². The molecule has 3 N–H and O–H groups in total. The number of amides is 1. The fourth-order valence-corrected chi connectivity index (χ4v) is 1.92. The summed E-state index contributed by atoms with van der Waals surface area (Å²) in [5, 5.41) is 2.91. The third kappa shape index (κ3) is 5.88. The summed E-state index contributed by atoms with van der Waals surface area (Å²) in [4.78, 5) is 11.9. The molecule has 0 saturated carbocycles. The average molecular weight is 262 g/mol. The highest BCUT2D eigenvalue weighted by atomic mass is 16.2. The van der Waals surface area contributed by atoms with Crippen molar-refractivity contribution in [3.63, 3.8) is 0 Å². The van der Waals surface area contributed by atoms with E-state index in [2.05, 4.69) is 19.2 Å². The Bertz CT molecular complexity index is 384. The Labute approximate surface area is 116 Å². The summed E-state index contributed by atoms with van der Waals surface area (Å²) in [5.74, 6) is 0.638. The predicted molar refractivity (Wildman–Crippen MR) is 79.8 cm³/mol. The van der Waals surface area contributed by atoms with Gasteiger partial charge in [0.05, 0.1) is 0 Å². The van der Waals surface area contributed by atoms with Crippen molar-refractivity contribution in [2.24, 2.45) is 11.7 Å². The molecule has 0 aliphatic rings. The number of nitrogens with one attached hydrogen (secondary N) is 1. The normalized spacial score (nSPS) is 12.5. The molecule has 1 amide bonds. The van der Waals surface area contributed by atoms with Gasteiger partial charge in [-0.05, 0) is 24.8 Å². The summed E-state index contributed by atoms with van der Waals surface area (Å²) in [7, 11) is 0. The number of nitrogens with two attached hydrogens (primary N) is 1. The average Bonchev–Trinajstić information content (AvgIpc) is 2.37. The predicted octanol–water partition coefficient (Wildman–Crippen LogP) is 2.94. The van der Waals surface area contributed by atoms with E-state index in [9.17, 15) is 4.79 Å². The zero-order valence-electron chi connectivity index (χ0n) is 12.3. The molecule has 0 bridgehead atoms. The molecule has 0 aliphatic carbocycles. The van der Waals surface area contributed by atoms with Crippen LogP contribution in [0.4, 0.5) is 0 Å². The van der Waals surface area contributed by atoms with E-state index >= 15 is 0 Å². The number of hydrogen-bond acceptors (Lipinski definition) is 2. The van der Waals surface area contributed by atoms with Crippen LogP contribution in [-0.2, 0) is 4.79 Å². The number of carbonyl (C=O) groups excluding carboxylic acids is 1. The molecule has 0 saturated heterocycles. The number of hydrogen-bond donors (Lipinski definition) is 2. The Morgan fingerprint density at radius 2 is 1.84 bits per heavy atom. The maximum Gasteiger partial charge on any atom is 0.241 e. The molecule has 0 spiro atoms. The maximum atomic E-state index is 11.9. The van der Waals surface area contributed by atoms with E-state index < -0.39 is 6.04 Å². The Kier molecular flexibility index (Phi) is 6.57. The van der Waals surface area contributed by atoms with Gasteiger partial charge in [-0.3, -0.25) is 4.79 Å². The first-order chi connectivity index (χ1) is 9.00. The first-order valence-electron chi connectivity index (χ1n) is 7.10. The molecule has 1 atom stereocenters. The molecule has 3 heteroatoms. The fraction of sp³-hybridized carbons (Fsp3) is 0.562. The summed E-state index contributed by atoms with van der Waals surface area (Å²) in [6.07, 6.45) is 3.38. The smallest absolute Gasteiger partial charge is 0.241 e. The van der Waals surface area contributed by atoms with Crippen molar-refractivity contribution >= 4 is 5.91 Å². The van der Waals surface area contributed by atoms with Crippen LogP contribution in [0.1, 0.15) is 50.3 Å². The Hall–Kier alpha value is -1.35. The Balaban J connectivity index is 2.31. The molecule has 1 aromatic rings. The molecular weight excluding hydrogens is 236 g/mol. The van der Waals surface area contributed by atoms with Crippen molar-refractivity contribution in [2.75, 3.05) is 6.54 Å². The monoisotopic (exact) mass is 262 g/mol. The summed E-state index contributed by atoms with van der Waals surface area (Å²) in [5.41, 5.74) is 7.98. The second-order valence-electron chi connectivity index (χ2n) is 5.57. The highest BCUT2D eigenvalue weighted by Crippen LogP contribution is 2.11. The van der Waals surface area contributed by atoms with Crippen molar-refractivity contribution < 1.29 is 4.79 Å². The number of benzene rings is 1. The van der Waals surface area contributed by atoms with Crippen LogP contribution in [-0.4, -0.2) is 12.5 Å². The van der Waals surface area contributed by atoms with Gasteiger partial charge in [-0.25, -0.2) is 0 Å². The first-order valence-corrected chi connectivity index (χ1v) is 7.10. The van der Waals surface area contributed by atoms with Gasteiger partial charge in [0.2, 0.25) is 5.91 Å². The Morgan fingerprint density at radius 1 is 1.21 bits per heavy atom. The molecule has 0 aromatic heterocycles. The van der Waals surface area contributed by atoms with Gasteiger partial charge >= 0.3 is 0 Å². The van der Waals surface area contributed by atoms with E-state index in [1.807, 2.05) is 31.2 Å². The SMILES string of the molecule is Cc1ccc(C(N)C(=O)NCCCCC(C)C)cc1. The zero-order chi connectivity index (χ0) is 14.3. The molecule has 0 radical (unpaired) electrons. The molecule has 3 nitrogen and oxygen atoms in total. The summed E-state index contributed by atoms with van der Waals surface area (Å²) >= 11 is 0. The number of carbonyl (C=O) groups is 1. The quantitative estimate of drug-likeness (QED) is 0.742. The van der Waals surface area contributed by atoms with Crippen LogP contribution in [0.3, 0.4) is 0 Å². The lowest BCUT2D eigenvalue weighted by molar-refractivity contribution is -0.122. The Morgan fingerprint density at radius 3 is 2.42 bits per heavy atom. The number of unbranched alkanes of at least 4 members (excludes halogenated alkanes) is 1. The third-order valence-electron chi connectivity index (χ3n) is 3.23. The number of rotatable bonds is 7. The maximum absolute atomic E-state index is 11.9. The fourth-order valence-electron chi connectivity index (χ4n) is 1.92. The van der Waals surface area contributed by atoms with E-state index in [-0.39, 0.29) is 5.91 Å². The van der Waals surface area contributed by atoms with Gasteiger partial charge in [0.1, 0.15) is 6.04 Å². The van der Waals surface area contributed by atoms with Crippen LogP contribution in [0.25, 0.3) is 0 Å². The van der Waals surface area contributed by atoms with E-state index in [4.69, 9.17) is 5.73 Å². The van der Waals surface area contributed by atoms with Gasteiger partial charge in [0.15, 0.2) is 0 Å². The lowest BCUT2D eigenvalue weighted by Crippen LogP contribution is -2.34. The highest BCUT2D eigenvalue weighted by molar-refractivity contribution is 5.82. The van der Waals surface area contributed by atoms with Gasteiger partial charge in [-0.15, -0.1) is 0 Å². The van der Waals surface area contributed by atoms with E-state index in [0.29, 0.717) is 6.54 Å². The van der Waals surface area contributed by atoms with Crippen LogP contribution >= 0.6 is 0 Å². The largest absolute Gasteiger partial charge is 0.354 e. The second kappa shape index (κ2) is 7.95. The molecule has 19 heavy (non-hydrogen) atoms. The van der Waals surface area contributed by atoms with E-state index in [1.165, 1.54) is 12.0 Å². The van der Waals surface area contributed by atoms with Gasteiger partial charge in [-0.2, -0.15) is 0 Å². The van der Waals surface area contributed by atoms with Gasteiger partial charge in [0, 0.05) is 6.54 Å². The molecule has 1 aromatic carbocycles. The molecule has 0 fully saturated rings. The molecular formula is C16H26N2O. The van der Waals surface area contributed by atoms with Crippen molar-refractivity contribution in [3.05, 3.63) is 35.4 Å². The summed E-state index contributed by atoms with van der Waals surface area (Å²) in [6.45, 7) is 7.16.